The lowest BCUT2D eigenvalue weighted by atomic mass is 10.2. The summed E-state index contributed by atoms with van der Waals surface area (Å²) in [6.07, 6.45) is 3.37. The van der Waals surface area contributed by atoms with Gasteiger partial charge in [-0.2, -0.15) is 0 Å². The van der Waals surface area contributed by atoms with Crippen LogP contribution in [0.4, 0.5) is 0 Å². The second-order valence-corrected chi connectivity index (χ2v) is 7.10. The van der Waals surface area contributed by atoms with Gasteiger partial charge in [-0.1, -0.05) is 24.3 Å². The van der Waals surface area contributed by atoms with Crippen LogP contribution in [0.25, 0.3) is 0 Å². The minimum Gasteiger partial charge on any atom is -0.489 e. The Bertz CT molecular complexity index is 973. The number of hydrogen-bond donors (Lipinski definition) is 1. The first-order valence-electron chi connectivity index (χ1n) is 7.78. The van der Waals surface area contributed by atoms with Crippen molar-refractivity contribution in [3.8, 4) is 5.75 Å². The van der Waals surface area contributed by atoms with Crippen molar-refractivity contribution in [2.75, 3.05) is 0 Å². The lowest BCUT2D eigenvalue weighted by Crippen LogP contribution is -2.30. The monoisotopic (exact) mass is 368 g/mol. The van der Waals surface area contributed by atoms with Crippen molar-refractivity contribution >= 4 is 15.9 Å². The van der Waals surface area contributed by atoms with Crippen LogP contribution in [0.15, 0.2) is 84.0 Å². The largest absolute Gasteiger partial charge is 0.489 e. The minimum absolute atomic E-state index is 0.0180. The molecule has 0 spiro atoms. The summed E-state index contributed by atoms with van der Waals surface area (Å²) in [6, 6.07) is 17.7. The summed E-state index contributed by atoms with van der Waals surface area (Å²) in [4.78, 5) is 16.0. The highest BCUT2D eigenvalue weighted by Gasteiger charge is 2.18. The van der Waals surface area contributed by atoms with Crippen molar-refractivity contribution in [1.29, 1.82) is 0 Å². The molecule has 0 aliphatic heterocycles. The smallest absolute Gasteiger partial charge is 0.264 e. The highest BCUT2D eigenvalue weighted by atomic mass is 32.2. The third kappa shape index (κ3) is 4.46. The van der Waals surface area contributed by atoms with Gasteiger partial charge in [0.15, 0.2) is 0 Å². The van der Waals surface area contributed by atoms with Crippen LogP contribution >= 0.6 is 0 Å². The molecule has 0 aliphatic rings. The van der Waals surface area contributed by atoms with E-state index in [1.165, 1.54) is 24.3 Å². The molecule has 3 aromatic rings. The molecule has 0 saturated heterocycles. The molecule has 0 radical (unpaired) electrons. The predicted molar refractivity (Wildman–Crippen MR) is 96.1 cm³/mol. The van der Waals surface area contributed by atoms with E-state index in [-0.39, 0.29) is 10.5 Å². The number of nitrogens with one attached hydrogen (secondary N) is 1. The molecule has 26 heavy (non-hydrogen) atoms. The van der Waals surface area contributed by atoms with Crippen molar-refractivity contribution in [2.24, 2.45) is 0 Å². The summed E-state index contributed by atoms with van der Waals surface area (Å²) in [5, 5.41) is 0. The van der Waals surface area contributed by atoms with E-state index < -0.39 is 15.9 Å². The van der Waals surface area contributed by atoms with Crippen LogP contribution in [0.5, 0.6) is 5.75 Å². The molecule has 3 rings (SSSR count). The van der Waals surface area contributed by atoms with Gasteiger partial charge in [-0.05, 0) is 42.5 Å². The van der Waals surface area contributed by atoms with E-state index in [1.54, 1.807) is 42.7 Å². The van der Waals surface area contributed by atoms with Crippen LogP contribution in [0.1, 0.15) is 15.9 Å². The number of benzene rings is 2. The fourth-order valence-electron chi connectivity index (χ4n) is 2.19. The number of carbonyl (C=O) groups is 1. The molecular formula is C19H16N2O4S. The highest BCUT2D eigenvalue weighted by Crippen LogP contribution is 2.17. The van der Waals surface area contributed by atoms with Crippen LogP contribution in [0.3, 0.4) is 0 Å². The molecule has 1 N–H and O–H groups in total. The van der Waals surface area contributed by atoms with Gasteiger partial charge in [0.1, 0.15) is 12.4 Å². The fraction of sp³-hybridized carbons (Fsp3) is 0.0526. The number of nitrogens with zero attached hydrogens (tertiary/aromatic N) is 1. The SMILES string of the molecule is O=C(NS(=O)(=O)c1ccc(OCc2cccnc2)cc1)c1ccccc1. The van der Waals surface area contributed by atoms with Crippen molar-refractivity contribution < 1.29 is 17.9 Å². The van der Waals surface area contributed by atoms with Crippen molar-refractivity contribution in [2.45, 2.75) is 11.5 Å². The Labute approximate surface area is 151 Å². The van der Waals surface area contributed by atoms with Crippen LogP contribution in [0.2, 0.25) is 0 Å². The van der Waals surface area contributed by atoms with E-state index in [0.29, 0.717) is 12.4 Å². The van der Waals surface area contributed by atoms with Crippen LogP contribution < -0.4 is 9.46 Å². The van der Waals surface area contributed by atoms with Crippen molar-refractivity contribution in [3.63, 3.8) is 0 Å². The summed E-state index contributed by atoms with van der Waals surface area (Å²) < 4.78 is 32.3. The predicted octanol–water partition coefficient (Wildman–Crippen LogP) is 2.78. The maximum absolute atomic E-state index is 12.3. The first-order chi connectivity index (χ1) is 12.5. The summed E-state index contributed by atoms with van der Waals surface area (Å²) >= 11 is 0. The molecule has 0 saturated carbocycles. The lowest BCUT2D eigenvalue weighted by Gasteiger charge is -2.09. The van der Waals surface area contributed by atoms with E-state index in [0.717, 1.165) is 5.56 Å². The molecule has 0 unspecified atom stereocenters. The minimum atomic E-state index is -3.96. The Morgan fingerprint density at radius 1 is 0.962 bits per heavy atom. The number of aromatic nitrogens is 1. The summed E-state index contributed by atoms with van der Waals surface area (Å²) in [6.45, 7) is 0.324. The second-order valence-electron chi connectivity index (χ2n) is 5.42. The Morgan fingerprint density at radius 3 is 2.35 bits per heavy atom. The standard InChI is InChI=1S/C19H16N2O4S/c22-19(16-6-2-1-3-7-16)21-26(23,24)18-10-8-17(9-11-18)25-14-15-5-4-12-20-13-15/h1-13H,14H2,(H,21,22). The molecule has 6 nitrogen and oxygen atoms in total. The molecule has 0 bridgehead atoms. The van der Waals surface area contributed by atoms with Gasteiger partial charge in [0.2, 0.25) is 0 Å². The van der Waals surface area contributed by atoms with Crippen molar-refractivity contribution in [1.82, 2.24) is 9.71 Å². The van der Waals surface area contributed by atoms with Crippen LogP contribution in [-0.2, 0) is 16.6 Å². The molecule has 0 atom stereocenters. The Hall–Kier alpha value is -3.19. The quantitative estimate of drug-likeness (QED) is 0.723. The number of sulfonamides is 1. The maximum Gasteiger partial charge on any atom is 0.264 e. The number of ether oxygens (including phenoxy) is 1. The molecular weight excluding hydrogens is 352 g/mol. The molecule has 1 aromatic heterocycles. The Balaban J connectivity index is 1.66. The Kier molecular flexibility index (Phi) is 5.28. The van der Waals surface area contributed by atoms with Crippen LogP contribution in [-0.4, -0.2) is 19.3 Å². The number of rotatable bonds is 6. The zero-order valence-electron chi connectivity index (χ0n) is 13.7. The molecule has 2 aromatic carbocycles. The van der Waals surface area contributed by atoms with E-state index in [4.69, 9.17) is 4.74 Å². The summed E-state index contributed by atoms with van der Waals surface area (Å²) in [5.41, 5.74) is 1.17. The van der Waals surface area contributed by atoms with E-state index in [9.17, 15) is 13.2 Å². The second kappa shape index (κ2) is 7.79. The van der Waals surface area contributed by atoms with Crippen LogP contribution in [0, 0.1) is 0 Å². The first kappa shape index (κ1) is 17.6. The average molecular weight is 368 g/mol. The topological polar surface area (TPSA) is 85.4 Å². The third-order valence-electron chi connectivity index (χ3n) is 3.53. The first-order valence-corrected chi connectivity index (χ1v) is 9.27. The van der Waals surface area contributed by atoms with Crippen molar-refractivity contribution in [3.05, 3.63) is 90.3 Å². The van der Waals surface area contributed by atoms with Gasteiger partial charge in [-0.15, -0.1) is 0 Å². The number of amides is 1. The van der Waals surface area contributed by atoms with Gasteiger partial charge in [0, 0.05) is 23.5 Å². The summed E-state index contributed by atoms with van der Waals surface area (Å²) in [5.74, 6) is -0.162. The van der Waals surface area contributed by atoms with Gasteiger partial charge in [-0.25, -0.2) is 13.1 Å². The Morgan fingerprint density at radius 2 is 1.69 bits per heavy atom. The zero-order valence-corrected chi connectivity index (χ0v) is 14.5. The summed E-state index contributed by atoms with van der Waals surface area (Å²) in [7, 11) is -3.96. The highest BCUT2D eigenvalue weighted by molar-refractivity contribution is 7.90. The number of pyridine rings is 1. The van der Waals surface area contributed by atoms with Gasteiger partial charge in [-0.3, -0.25) is 9.78 Å². The fourth-order valence-corrected chi connectivity index (χ4v) is 3.17. The average Bonchev–Trinajstić information content (AvgIpc) is 2.68. The molecule has 0 aliphatic carbocycles. The number of carbonyl (C=O) groups excluding carboxylic acids is 1. The van der Waals surface area contributed by atoms with E-state index in [2.05, 4.69) is 9.71 Å². The molecule has 0 fully saturated rings. The van der Waals surface area contributed by atoms with Gasteiger partial charge < -0.3 is 4.74 Å². The lowest BCUT2D eigenvalue weighted by molar-refractivity contribution is 0.0981. The molecule has 132 valence electrons. The van der Waals surface area contributed by atoms with Gasteiger partial charge in [0.25, 0.3) is 15.9 Å². The maximum atomic E-state index is 12.3. The van der Waals surface area contributed by atoms with E-state index in [1.807, 2.05) is 12.1 Å². The zero-order chi connectivity index (χ0) is 18.4. The normalized spacial score (nSPS) is 10.9. The molecule has 1 amide bonds. The molecule has 7 heteroatoms. The molecule has 1 heterocycles. The van der Waals surface area contributed by atoms with Gasteiger partial charge >= 0.3 is 0 Å². The van der Waals surface area contributed by atoms with E-state index >= 15 is 0 Å². The van der Waals surface area contributed by atoms with Gasteiger partial charge in [0.05, 0.1) is 4.90 Å². The third-order valence-corrected chi connectivity index (χ3v) is 4.87. The number of hydrogen-bond acceptors (Lipinski definition) is 5.